The molecule has 4 N–H and O–H groups in total. The van der Waals surface area contributed by atoms with Gasteiger partial charge in [0, 0.05) is 0 Å². The van der Waals surface area contributed by atoms with E-state index in [4.69, 9.17) is 9.68 Å². The number of carbonyl (C=O) groups is 2. The summed E-state index contributed by atoms with van der Waals surface area (Å²) in [4.78, 5) is 34.0. The molecule has 0 saturated carbocycles. The van der Waals surface area contributed by atoms with Gasteiger partial charge in [0.05, 0.1) is 12.1 Å². The second kappa shape index (κ2) is 12.3. The van der Waals surface area contributed by atoms with Crippen LogP contribution >= 0.6 is 0 Å². The van der Waals surface area contributed by atoms with Gasteiger partial charge in [-0.3, -0.25) is 19.3 Å². The Morgan fingerprint density at radius 3 is 1.37 bits per heavy atom. The summed E-state index contributed by atoms with van der Waals surface area (Å²) in [5, 5.41) is 19.8. The predicted octanol–water partition coefficient (Wildman–Crippen LogP) is 2.11. The third-order valence-electron chi connectivity index (χ3n) is 4.56. The van der Waals surface area contributed by atoms with E-state index >= 15 is 0 Å². The molecule has 0 heterocycles. The minimum atomic E-state index is -2.08. The molecule has 0 fully saturated rings. The zero-order valence-electron chi connectivity index (χ0n) is 17.0. The van der Waals surface area contributed by atoms with Crippen LogP contribution in [0.15, 0.2) is 60.7 Å². The van der Waals surface area contributed by atoms with Crippen LogP contribution in [0.25, 0.3) is 0 Å². The minimum absolute atomic E-state index is 0.289. The molecule has 8 heteroatoms. The molecule has 4 atom stereocenters. The molecule has 30 heavy (non-hydrogen) atoms. The molecule has 8 nitrogen and oxygen atoms in total. The SMILES string of the molecule is CCC(NOC(O)C(=O)C(=O)C(O)ONC(CC)c1ccccc1)c1ccccc1. The number of hydrogen-bond donors (Lipinski definition) is 4. The van der Waals surface area contributed by atoms with Gasteiger partial charge in [0.25, 0.3) is 11.6 Å². The molecular weight excluding hydrogens is 388 g/mol. The fourth-order valence-corrected chi connectivity index (χ4v) is 2.79. The fraction of sp³-hybridized carbons (Fsp3) is 0.364. The van der Waals surface area contributed by atoms with Gasteiger partial charge in [-0.05, 0) is 24.0 Å². The summed E-state index contributed by atoms with van der Waals surface area (Å²) in [7, 11) is 0. The van der Waals surface area contributed by atoms with Crippen molar-refractivity contribution in [1.82, 2.24) is 11.0 Å². The summed E-state index contributed by atoms with van der Waals surface area (Å²) in [5.74, 6) is -2.65. The summed E-state index contributed by atoms with van der Waals surface area (Å²) in [6.07, 6.45) is -2.92. The number of aliphatic hydroxyl groups excluding tert-OH is 2. The Bertz CT molecular complexity index is 719. The van der Waals surface area contributed by atoms with Gasteiger partial charge in [-0.25, -0.2) is 0 Å². The van der Waals surface area contributed by atoms with E-state index in [1.165, 1.54) is 0 Å². The zero-order chi connectivity index (χ0) is 21.9. The summed E-state index contributed by atoms with van der Waals surface area (Å²) < 4.78 is 0. The van der Waals surface area contributed by atoms with E-state index < -0.39 is 24.1 Å². The molecule has 2 rings (SSSR count). The van der Waals surface area contributed by atoms with Crippen LogP contribution < -0.4 is 11.0 Å². The Morgan fingerprint density at radius 2 is 1.07 bits per heavy atom. The Kier molecular flexibility index (Phi) is 9.75. The monoisotopic (exact) mass is 416 g/mol. The van der Waals surface area contributed by atoms with Crippen molar-refractivity contribution in [2.24, 2.45) is 0 Å². The zero-order valence-corrected chi connectivity index (χ0v) is 17.0. The number of hydroxylamine groups is 2. The normalized spacial score (nSPS) is 15.2. The van der Waals surface area contributed by atoms with Gasteiger partial charge in [-0.15, -0.1) is 0 Å². The van der Waals surface area contributed by atoms with Crippen molar-refractivity contribution in [2.45, 2.75) is 51.4 Å². The third-order valence-corrected chi connectivity index (χ3v) is 4.56. The molecule has 2 aromatic rings. The maximum absolute atomic E-state index is 12.1. The van der Waals surface area contributed by atoms with Crippen molar-refractivity contribution in [3.8, 4) is 0 Å². The van der Waals surface area contributed by atoms with Gasteiger partial charge in [-0.2, -0.15) is 11.0 Å². The molecule has 2 aromatic carbocycles. The van der Waals surface area contributed by atoms with Crippen molar-refractivity contribution in [1.29, 1.82) is 0 Å². The molecule has 0 aliphatic carbocycles. The quantitative estimate of drug-likeness (QED) is 0.223. The van der Waals surface area contributed by atoms with Gasteiger partial charge in [0.2, 0.25) is 12.6 Å². The number of benzene rings is 2. The number of Topliss-reactive ketones (excluding diaryl/α,β-unsaturated/α-hetero) is 2. The minimum Gasteiger partial charge on any atom is -0.360 e. The van der Waals surface area contributed by atoms with Crippen LogP contribution in [0.4, 0.5) is 0 Å². The Morgan fingerprint density at radius 1 is 0.733 bits per heavy atom. The summed E-state index contributed by atoms with van der Waals surface area (Å²) in [6.45, 7) is 3.79. The highest BCUT2D eigenvalue weighted by atomic mass is 16.7. The lowest BCUT2D eigenvalue weighted by molar-refractivity contribution is -0.195. The van der Waals surface area contributed by atoms with Crippen LogP contribution in [0.1, 0.15) is 49.9 Å². The van der Waals surface area contributed by atoms with E-state index in [0.29, 0.717) is 12.8 Å². The van der Waals surface area contributed by atoms with E-state index in [-0.39, 0.29) is 12.1 Å². The standard InChI is InChI=1S/C22H28N2O6/c1-3-17(15-11-7-5-8-12-15)23-29-21(27)19(25)20(26)22(28)30-24-18(4-2)16-13-9-6-10-14-16/h5-14,17-18,21-24,27-28H,3-4H2,1-2H3. The second-order valence-electron chi connectivity index (χ2n) is 6.65. The highest BCUT2D eigenvalue weighted by Gasteiger charge is 2.32. The number of hydrogen-bond acceptors (Lipinski definition) is 8. The maximum Gasteiger partial charge on any atom is 0.261 e. The predicted molar refractivity (Wildman–Crippen MR) is 109 cm³/mol. The average molecular weight is 416 g/mol. The summed E-state index contributed by atoms with van der Waals surface area (Å²) in [5.41, 5.74) is 6.95. The molecule has 0 saturated heterocycles. The topological polar surface area (TPSA) is 117 Å². The van der Waals surface area contributed by atoms with E-state index in [1.54, 1.807) is 0 Å². The van der Waals surface area contributed by atoms with E-state index in [1.807, 2.05) is 74.5 Å². The summed E-state index contributed by atoms with van der Waals surface area (Å²) >= 11 is 0. The Labute approximate surface area is 175 Å². The van der Waals surface area contributed by atoms with Crippen molar-refractivity contribution in [3.63, 3.8) is 0 Å². The number of carbonyl (C=O) groups excluding carboxylic acids is 2. The van der Waals surface area contributed by atoms with E-state index in [0.717, 1.165) is 11.1 Å². The molecule has 162 valence electrons. The van der Waals surface area contributed by atoms with E-state index in [9.17, 15) is 19.8 Å². The van der Waals surface area contributed by atoms with Crippen LogP contribution in [-0.4, -0.2) is 34.4 Å². The van der Waals surface area contributed by atoms with Crippen molar-refractivity contribution >= 4 is 11.6 Å². The lowest BCUT2D eigenvalue weighted by Gasteiger charge is -2.21. The molecule has 0 aromatic heterocycles. The smallest absolute Gasteiger partial charge is 0.261 e. The molecular formula is C22H28N2O6. The largest absolute Gasteiger partial charge is 0.360 e. The van der Waals surface area contributed by atoms with Gasteiger partial charge >= 0.3 is 0 Å². The number of aliphatic hydroxyl groups is 2. The molecule has 0 aliphatic heterocycles. The van der Waals surface area contributed by atoms with Crippen molar-refractivity contribution < 1.29 is 29.5 Å². The summed E-state index contributed by atoms with van der Waals surface area (Å²) in [6, 6.07) is 18.0. The number of ketones is 2. The van der Waals surface area contributed by atoms with Gasteiger partial charge in [0.1, 0.15) is 0 Å². The van der Waals surface area contributed by atoms with Crippen LogP contribution in [0, 0.1) is 0 Å². The highest BCUT2D eigenvalue weighted by molar-refractivity contribution is 6.39. The number of rotatable bonds is 13. The molecule has 4 unspecified atom stereocenters. The highest BCUT2D eigenvalue weighted by Crippen LogP contribution is 2.17. The first kappa shape index (κ1) is 23.8. The first-order valence-electron chi connectivity index (χ1n) is 9.84. The fourth-order valence-electron chi connectivity index (χ4n) is 2.79. The maximum atomic E-state index is 12.1. The lowest BCUT2D eigenvalue weighted by atomic mass is 10.1. The van der Waals surface area contributed by atoms with Gasteiger partial charge in [-0.1, -0.05) is 74.5 Å². The van der Waals surface area contributed by atoms with Crippen LogP contribution in [0.3, 0.4) is 0 Å². The van der Waals surface area contributed by atoms with Crippen molar-refractivity contribution in [3.05, 3.63) is 71.8 Å². The molecule has 0 amide bonds. The Balaban J connectivity index is 1.85. The van der Waals surface area contributed by atoms with E-state index in [2.05, 4.69) is 11.0 Å². The van der Waals surface area contributed by atoms with Crippen molar-refractivity contribution in [2.75, 3.05) is 0 Å². The van der Waals surface area contributed by atoms with Gasteiger partial charge in [0.15, 0.2) is 0 Å². The van der Waals surface area contributed by atoms with Gasteiger partial charge < -0.3 is 10.2 Å². The second-order valence-corrected chi connectivity index (χ2v) is 6.65. The van der Waals surface area contributed by atoms with Crippen LogP contribution in [-0.2, 0) is 19.3 Å². The Hall–Kier alpha value is -2.46. The lowest BCUT2D eigenvalue weighted by Crippen LogP contribution is -2.43. The molecule has 0 bridgehead atoms. The first-order chi connectivity index (χ1) is 14.5. The molecule has 0 aliphatic rings. The molecule has 0 spiro atoms. The molecule has 0 radical (unpaired) electrons. The third kappa shape index (κ3) is 6.81. The average Bonchev–Trinajstić information content (AvgIpc) is 2.80. The first-order valence-corrected chi connectivity index (χ1v) is 9.84. The van der Waals surface area contributed by atoms with Crippen LogP contribution in [0.2, 0.25) is 0 Å². The number of nitrogens with one attached hydrogen (secondary N) is 2. The van der Waals surface area contributed by atoms with Crippen LogP contribution in [0.5, 0.6) is 0 Å².